The molecule has 2 rings (SSSR count). The number of anilines is 1. The monoisotopic (exact) mass is 309 g/mol. The van der Waals surface area contributed by atoms with Gasteiger partial charge in [0.25, 0.3) is 0 Å². The molecule has 1 aromatic rings. The first-order valence-electron chi connectivity index (χ1n) is 7.06. The summed E-state index contributed by atoms with van der Waals surface area (Å²) in [6, 6.07) is 3.67. The SMILES string of the molecule is CCN(CC(=O)O)C1CC(Nc2c(F)cc(C#N)cc2F)C1. The second-order valence-corrected chi connectivity index (χ2v) is 5.35. The van der Waals surface area contributed by atoms with Crippen LogP contribution in [-0.4, -0.2) is 41.1 Å². The highest BCUT2D eigenvalue weighted by atomic mass is 19.1. The molecule has 118 valence electrons. The fraction of sp³-hybridized carbons (Fsp3) is 0.467. The maximum Gasteiger partial charge on any atom is 0.317 e. The van der Waals surface area contributed by atoms with Crippen LogP contribution in [0.3, 0.4) is 0 Å². The van der Waals surface area contributed by atoms with Crippen LogP contribution in [0.2, 0.25) is 0 Å². The van der Waals surface area contributed by atoms with Crippen molar-refractivity contribution >= 4 is 11.7 Å². The molecular weight excluding hydrogens is 292 g/mol. The Labute approximate surface area is 127 Å². The maximum absolute atomic E-state index is 13.8. The zero-order valence-corrected chi connectivity index (χ0v) is 12.1. The fourth-order valence-corrected chi connectivity index (χ4v) is 2.66. The molecule has 5 nitrogen and oxygen atoms in total. The van der Waals surface area contributed by atoms with Crippen molar-refractivity contribution in [2.45, 2.75) is 31.8 Å². The van der Waals surface area contributed by atoms with Crippen LogP contribution in [0.5, 0.6) is 0 Å². The molecular formula is C15H17F2N3O2. The van der Waals surface area contributed by atoms with Crippen molar-refractivity contribution in [1.82, 2.24) is 4.90 Å². The number of halogens is 2. The average Bonchev–Trinajstić information content (AvgIpc) is 2.42. The Kier molecular flexibility index (Phi) is 4.93. The fourth-order valence-electron chi connectivity index (χ4n) is 2.66. The summed E-state index contributed by atoms with van der Waals surface area (Å²) in [6.45, 7) is 2.46. The van der Waals surface area contributed by atoms with Gasteiger partial charge in [-0.1, -0.05) is 6.92 Å². The lowest BCUT2D eigenvalue weighted by Gasteiger charge is -2.42. The van der Waals surface area contributed by atoms with Gasteiger partial charge in [-0.2, -0.15) is 5.26 Å². The molecule has 0 amide bonds. The second-order valence-electron chi connectivity index (χ2n) is 5.35. The molecule has 1 saturated carbocycles. The zero-order valence-electron chi connectivity index (χ0n) is 12.1. The van der Waals surface area contributed by atoms with Gasteiger partial charge in [0.15, 0.2) is 11.6 Å². The van der Waals surface area contributed by atoms with Crippen LogP contribution in [0.25, 0.3) is 0 Å². The Morgan fingerprint density at radius 2 is 2.05 bits per heavy atom. The van der Waals surface area contributed by atoms with Gasteiger partial charge in [-0.3, -0.25) is 9.69 Å². The van der Waals surface area contributed by atoms with Gasteiger partial charge in [-0.25, -0.2) is 8.78 Å². The standard InChI is InChI=1S/C15H17F2N3O2/c1-2-20(8-14(21)22)11-5-10(6-11)19-15-12(16)3-9(7-18)4-13(15)17/h3-4,10-11,19H,2,5-6,8H2,1H3,(H,21,22). The number of aliphatic carboxylic acids is 1. The summed E-state index contributed by atoms with van der Waals surface area (Å²) < 4.78 is 27.5. The molecule has 7 heteroatoms. The van der Waals surface area contributed by atoms with Crippen LogP contribution in [0.4, 0.5) is 14.5 Å². The van der Waals surface area contributed by atoms with Crippen molar-refractivity contribution in [2.75, 3.05) is 18.4 Å². The van der Waals surface area contributed by atoms with Crippen molar-refractivity contribution in [2.24, 2.45) is 0 Å². The van der Waals surface area contributed by atoms with E-state index in [-0.39, 0.29) is 29.9 Å². The summed E-state index contributed by atoms with van der Waals surface area (Å²) in [7, 11) is 0. The predicted octanol–water partition coefficient (Wildman–Crippen LogP) is 2.19. The maximum atomic E-state index is 13.8. The van der Waals surface area contributed by atoms with Crippen molar-refractivity contribution < 1.29 is 18.7 Å². The van der Waals surface area contributed by atoms with E-state index in [2.05, 4.69) is 5.32 Å². The zero-order chi connectivity index (χ0) is 16.3. The van der Waals surface area contributed by atoms with E-state index in [1.165, 1.54) is 0 Å². The van der Waals surface area contributed by atoms with E-state index in [1.807, 2.05) is 11.8 Å². The average molecular weight is 309 g/mol. The Morgan fingerprint density at radius 1 is 1.45 bits per heavy atom. The number of nitrogens with zero attached hydrogens (tertiary/aromatic N) is 2. The number of benzene rings is 1. The van der Waals surface area contributed by atoms with E-state index in [0.717, 1.165) is 12.1 Å². The van der Waals surface area contributed by atoms with Crippen molar-refractivity contribution in [1.29, 1.82) is 5.26 Å². The minimum absolute atomic E-state index is 0.0343. The van der Waals surface area contributed by atoms with Gasteiger partial charge in [0.1, 0.15) is 5.69 Å². The van der Waals surface area contributed by atoms with E-state index < -0.39 is 17.6 Å². The van der Waals surface area contributed by atoms with E-state index in [9.17, 15) is 13.6 Å². The van der Waals surface area contributed by atoms with Crippen LogP contribution in [0, 0.1) is 23.0 Å². The molecule has 0 atom stereocenters. The van der Waals surface area contributed by atoms with Crippen LogP contribution in [0.15, 0.2) is 12.1 Å². The first-order chi connectivity index (χ1) is 10.4. The molecule has 1 aliphatic rings. The second kappa shape index (κ2) is 6.71. The number of rotatable bonds is 6. The first-order valence-corrected chi connectivity index (χ1v) is 7.06. The van der Waals surface area contributed by atoms with E-state index in [4.69, 9.17) is 10.4 Å². The van der Waals surface area contributed by atoms with E-state index in [1.54, 1.807) is 6.07 Å². The number of carbonyl (C=O) groups is 1. The first kappa shape index (κ1) is 16.2. The quantitative estimate of drug-likeness (QED) is 0.842. The van der Waals surface area contributed by atoms with Gasteiger partial charge in [0.05, 0.1) is 18.2 Å². The van der Waals surface area contributed by atoms with Crippen molar-refractivity contribution in [3.05, 3.63) is 29.3 Å². The lowest BCUT2D eigenvalue weighted by atomic mass is 9.85. The summed E-state index contributed by atoms with van der Waals surface area (Å²) in [5.74, 6) is -2.47. The summed E-state index contributed by atoms with van der Waals surface area (Å²) in [6.07, 6.45) is 1.25. The summed E-state index contributed by atoms with van der Waals surface area (Å²) in [5.41, 5.74) is -0.297. The molecule has 0 heterocycles. The van der Waals surface area contributed by atoms with Crippen LogP contribution in [-0.2, 0) is 4.79 Å². The lowest BCUT2D eigenvalue weighted by molar-refractivity contribution is -0.139. The topological polar surface area (TPSA) is 76.4 Å². The Morgan fingerprint density at radius 3 is 2.50 bits per heavy atom. The van der Waals surface area contributed by atoms with Gasteiger partial charge in [-0.15, -0.1) is 0 Å². The molecule has 0 spiro atoms. The number of carboxylic acids is 1. The molecule has 0 saturated heterocycles. The Hall–Kier alpha value is -2.20. The van der Waals surface area contributed by atoms with Crippen LogP contribution < -0.4 is 5.32 Å². The molecule has 0 bridgehead atoms. The van der Waals surface area contributed by atoms with Crippen LogP contribution in [0.1, 0.15) is 25.3 Å². The number of nitriles is 1. The third-order valence-corrected chi connectivity index (χ3v) is 3.89. The third-order valence-electron chi connectivity index (χ3n) is 3.89. The van der Waals surface area contributed by atoms with E-state index in [0.29, 0.717) is 19.4 Å². The highest BCUT2D eigenvalue weighted by Gasteiger charge is 2.34. The molecule has 1 aromatic carbocycles. The molecule has 1 fully saturated rings. The van der Waals surface area contributed by atoms with Crippen molar-refractivity contribution in [3.63, 3.8) is 0 Å². The van der Waals surface area contributed by atoms with Gasteiger partial charge in [-0.05, 0) is 31.5 Å². The number of carboxylic acid groups (broad SMARTS) is 1. The van der Waals surface area contributed by atoms with Gasteiger partial charge >= 0.3 is 5.97 Å². The molecule has 22 heavy (non-hydrogen) atoms. The molecule has 1 aliphatic carbocycles. The van der Waals surface area contributed by atoms with E-state index >= 15 is 0 Å². The highest BCUT2D eigenvalue weighted by molar-refractivity contribution is 5.69. The number of hydrogen-bond acceptors (Lipinski definition) is 4. The summed E-state index contributed by atoms with van der Waals surface area (Å²) >= 11 is 0. The largest absolute Gasteiger partial charge is 0.480 e. The normalized spacial score (nSPS) is 20.3. The van der Waals surface area contributed by atoms with Gasteiger partial charge < -0.3 is 10.4 Å². The smallest absolute Gasteiger partial charge is 0.317 e. The highest BCUT2D eigenvalue weighted by Crippen LogP contribution is 2.30. The molecule has 0 aliphatic heterocycles. The third kappa shape index (κ3) is 3.52. The predicted molar refractivity (Wildman–Crippen MR) is 76.4 cm³/mol. The molecule has 2 N–H and O–H groups in total. The summed E-state index contributed by atoms with van der Waals surface area (Å²) in [4.78, 5) is 12.6. The minimum Gasteiger partial charge on any atom is -0.480 e. The van der Waals surface area contributed by atoms with Crippen molar-refractivity contribution in [3.8, 4) is 6.07 Å². The van der Waals surface area contributed by atoms with Gasteiger partial charge in [0.2, 0.25) is 0 Å². The molecule has 0 unspecified atom stereocenters. The van der Waals surface area contributed by atoms with Crippen LogP contribution >= 0.6 is 0 Å². The Bertz CT molecular complexity index is 586. The summed E-state index contributed by atoms with van der Waals surface area (Å²) in [5, 5.41) is 20.3. The molecule has 0 radical (unpaired) electrons. The molecule has 0 aromatic heterocycles. The Balaban J connectivity index is 1.96. The number of nitrogens with one attached hydrogen (secondary N) is 1. The lowest BCUT2D eigenvalue weighted by Crippen LogP contribution is -2.51. The van der Waals surface area contributed by atoms with Gasteiger partial charge in [0, 0.05) is 12.1 Å². The minimum atomic E-state index is -0.887. The number of hydrogen-bond donors (Lipinski definition) is 2. The number of likely N-dealkylation sites (N-methyl/N-ethyl adjacent to an activating group) is 1.